The third-order valence-electron chi connectivity index (χ3n) is 1.68. The number of carboxylic acid groups (broad SMARTS) is 1. The normalized spacial score (nSPS) is 18.1. The van der Waals surface area contributed by atoms with E-state index in [1.807, 2.05) is 13.8 Å². The summed E-state index contributed by atoms with van der Waals surface area (Å²) in [6.07, 6.45) is -0.263. The zero-order chi connectivity index (χ0) is 11.7. The van der Waals surface area contributed by atoms with E-state index in [0.29, 0.717) is 19.8 Å². The lowest BCUT2D eigenvalue weighted by Crippen LogP contribution is -2.42. The van der Waals surface area contributed by atoms with Gasteiger partial charge >= 0.3 is 5.97 Å². The molecule has 0 aliphatic carbocycles. The Kier molecular flexibility index (Phi) is 8.21. The van der Waals surface area contributed by atoms with Gasteiger partial charge in [-0.25, -0.2) is 0 Å². The van der Waals surface area contributed by atoms with Crippen molar-refractivity contribution in [3.8, 4) is 0 Å². The van der Waals surface area contributed by atoms with Crippen LogP contribution in [0.3, 0.4) is 0 Å². The summed E-state index contributed by atoms with van der Waals surface area (Å²) in [5.74, 6) is -1.01. The molecular weight excluding hydrogens is 200 g/mol. The second kappa shape index (κ2) is 8.60. The smallest absolute Gasteiger partial charge is 0.321 e. The molecule has 0 amide bonds. The van der Waals surface area contributed by atoms with E-state index < -0.39 is 12.0 Å². The highest BCUT2D eigenvalue weighted by atomic mass is 16.7. The zero-order valence-corrected chi connectivity index (χ0v) is 9.23. The average molecular weight is 220 g/mol. The molecule has 1 saturated heterocycles. The van der Waals surface area contributed by atoms with E-state index in [2.05, 4.69) is 5.32 Å². The van der Waals surface area contributed by atoms with Gasteiger partial charge in [0.05, 0.1) is 13.2 Å². The van der Waals surface area contributed by atoms with Crippen LogP contribution in [0.5, 0.6) is 0 Å². The first-order valence-corrected chi connectivity index (χ1v) is 5.12. The number of hydrogen-bond acceptors (Lipinski definition) is 5. The van der Waals surface area contributed by atoms with Gasteiger partial charge in [0, 0.05) is 13.1 Å². The molecule has 1 fully saturated rings. The van der Waals surface area contributed by atoms with Crippen LogP contribution in [0.1, 0.15) is 13.8 Å². The van der Waals surface area contributed by atoms with Gasteiger partial charge in [0.2, 0.25) is 0 Å². The summed E-state index contributed by atoms with van der Waals surface area (Å²) in [6.45, 7) is 5.88. The van der Waals surface area contributed by atoms with E-state index in [1.165, 1.54) is 0 Å². The Hall–Kier alpha value is -0.690. The quantitative estimate of drug-likeness (QED) is 0.572. The van der Waals surface area contributed by atoms with Crippen molar-refractivity contribution >= 4 is 5.97 Å². The Labute approximate surface area is 89.7 Å². The van der Waals surface area contributed by atoms with Crippen molar-refractivity contribution in [3.05, 3.63) is 0 Å². The summed E-state index contributed by atoms with van der Waals surface area (Å²) >= 11 is 0. The van der Waals surface area contributed by atoms with Crippen LogP contribution in [0.4, 0.5) is 0 Å². The van der Waals surface area contributed by atoms with Crippen molar-refractivity contribution in [2.45, 2.75) is 26.2 Å². The van der Waals surface area contributed by atoms with Gasteiger partial charge in [0.25, 0.3) is 0 Å². The van der Waals surface area contributed by atoms with E-state index >= 15 is 0 Å². The van der Waals surface area contributed by atoms with Gasteiger partial charge in [-0.05, 0) is 0 Å². The minimum atomic E-state index is -1.01. The SMILES string of the molecule is CC.NC(CNCC1OCCO1)C(=O)O. The van der Waals surface area contributed by atoms with Gasteiger partial charge in [-0.3, -0.25) is 4.79 Å². The van der Waals surface area contributed by atoms with Crippen LogP contribution in [0.15, 0.2) is 0 Å². The highest BCUT2D eigenvalue weighted by Crippen LogP contribution is 2.00. The van der Waals surface area contributed by atoms with E-state index in [0.717, 1.165) is 0 Å². The minimum Gasteiger partial charge on any atom is -0.480 e. The first kappa shape index (κ1) is 14.3. The summed E-state index contributed by atoms with van der Waals surface area (Å²) < 4.78 is 10.2. The van der Waals surface area contributed by atoms with Crippen molar-refractivity contribution in [1.82, 2.24) is 5.32 Å². The molecule has 90 valence electrons. The standard InChI is InChI=1S/C7H14N2O4.C2H6/c8-5(7(10)11)3-9-4-6-12-1-2-13-6;1-2/h5-6,9H,1-4,8H2,(H,10,11);1-2H3. The fraction of sp³-hybridized carbons (Fsp3) is 0.889. The van der Waals surface area contributed by atoms with E-state index in [4.69, 9.17) is 20.3 Å². The average Bonchev–Trinajstić information content (AvgIpc) is 2.73. The van der Waals surface area contributed by atoms with Crippen LogP contribution in [-0.2, 0) is 14.3 Å². The summed E-state index contributed by atoms with van der Waals surface area (Å²) in [6, 6.07) is -0.874. The van der Waals surface area contributed by atoms with Gasteiger partial charge in [0.1, 0.15) is 6.04 Å². The van der Waals surface area contributed by atoms with Gasteiger partial charge in [-0.2, -0.15) is 0 Å². The van der Waals surface area contributed by atoms with Crippen LogP contribution in [0, 0.1) is 0 Å². The van der Waals surface area contributed by atoms with Crippen LogP contribution in [-0.4, -0.2) is 49.7 Å². The number of carbonyl (C=O) groups is 1. The molecule has 1 heterocycles. The molecule has 15 heavy (non-hydrogen) atoms. The lowest BCUT2D eigenvalue weighted by molar-refractivity contribution is -0.138. The summed E-state index contributed by atoms with van der Waals surface area (Å²) in [7, 11) is 0. The van der Waals surface area contributed by atoms with Gasteiger partial charge < -0.3 is 25.6 Å². The van der Waals surface area contributed by atoms with E-state index in [9.17, 15) is 4.79 Å². The monoisotopic (exact) mass is 220 g/mol. The predicted octanol–water partition coefficient (Wildman–Crippen LogP) is -0.613. The topological polar surface area (TPSA) is 93.8 Å². The third kappa shape index (κ3) is 6.40. The number of nitrogens with two attached hydrogens (primary N) is 1. The number of ether oxygens (including phenoxy) is 2. The maximum Gasteiger partial charge on any atom is 0.321 e. The van der Waals surface area contributed by atoms with Crippen molar-refractivity contribution in [1.29, 1.82) is 0 Å². The highest BCUT2D eigenvalue weighted by molar-refractivity contribution is 5.73. The molecule has 1 atom stereocenters. The molecule has 0 aromatic carbocycles. The number of nitrogens with one attached hydrogen (secondary N) is 1. The molecule has 0 bridgehead atoms. The van der Waals surface area contributed by atoms with Gasteiger partial charge in [-0.15, -0.1) is 0 Å². The summed E-state index contributed by atoms with van der Waals surface area (Å²) in [5.41, 5.74) is 5.26. The highest BCUT2D eigenvalue weighted by Gasteiger charge is 2.16. The summed E-state index contributed by atoms with van der Waals surface area (Å²) in [5, 5.41) is 11.3. The molecule has 4 N–H and O–H groups in total. The Morgan fingerprint density at radius 2 is 2.07 bits per heavy atom. The second-order valence-electron chi connectivity index (χ2n) is 2.77. The number of rotatable bonds is 5. The van der Waals surface area contributed by atoms with Gasteiger partial charge in [0.15, 0.2) is 6.29 Å². The molecule has 0 aromatic rings. The van der Waals surface area contributed by atoms with Crippen LogP contribution >= 0.6 is 0 Å². The third-order valence-corrected chi connectivity index (χ3v) is 1.68. The van der Waals surface area contributed by atoms with Crippen molar-refractivity contribution in [2.24, 2.45) is 5.73 Å². The number of carboxylic acids is 1. The fourth-order valence-electron chi connectivity index (χ4n) is 0.969. The molecular formula is C9H20N2O4. The minimum absolute atomic E-state index is 0.221. The molecule has 1 aliphatic rings. The molecule has 6 nitrogen and oxygen atoms in total. The first-order valence-electron chi connectivity index (χ1n) is 5.12. The number of hydrogen-bond donors (Lipinski definition) is 3. The van der Waals surface area contributed by atoms with E-state index in [1.54, 1.807) is 0 Å². The zero-order valence-electron chi connectivity index (χ0n) is 9.23. The Balaban J connectivity index is 0.000000921. The molecule has 0 spiro atoms. The van der Waals surface area contributed by atoms with Crippen molar-refractivity contribution in [3.63, 3.8) is 0 Å². The molecule has 0 radical (unpaired) electrons. The first-order chi connectivity index (χ1) is 7.20. The lowest BCUT2D eigenvalue weighted by Gasteiger charge is -2.11. The Morgan fingerprint density at radius 3 is 2.53 bits per heavy atom. The van der Waals surface area contributed by atoms with Crippen molar-refractivity contribution < 1.29 is 19.4 Å². The molecule has 1 unspecified atom stereocenters. The maximum atomic E-state index is 10.3. The number of aliphatic carboxylic acids is 1. The van der Waals surface area contributed by atoms with Gasteiger partial charge in [-0.1, -0.05) is 13.8 Å². The largest absolute Gasteiger partial charge is 0.480 e. The second-order valence-corrected chi connectivity index (χ2v) is 2.77. The van der Waals surface area contributed by atoms with E-state index in [-0.39, 0.29) is 12.8 Å². The molecule has 1 aliphatic heterocycles. The predicted molar refractivity (Wildman–Crippen MR) is 55.5 cm³/mol. The van der Waals surface area contributed by atoms with Crippen LogP contribution in [0.25, 0.3) is 0 Å². The molecule has 0 saturated carbocycles. The molecule has 0 aromatic heterocycles. The fourth-order valence-corrected chi connectivity index (χ4v) is 0.969. The Bertz CT molecular complexity index is 171. The van der Waals surface area contributed by atoms with Crippen LogP contribution in [0.2, 0.25) is 0 Å². The van der Waals surface area contributed by atoms with Crippen molar-refractivity contribution in [2.75, 3.05) is 26.3 Å². The van der Waals surface area contributed by atoms with Crippen LogP contribution < -0.4 is 11.1 Å². The maximum absolute atomic E-state index is 10.3. The molecule has 6 heteroatoms. The summed E-state index contributed by atoms with van der Waals surface area (Å²) in [4.78, 5) is 10.3. The molecule has 1 rings (SSSR count). The lowest BCUT2D eigenvalue weighted by atomic mass is 10.3. The Morgan fingerprint density at radius 1 is 1.53 bits per heavy atom.